The van der Waals surface area contributed by atoms with Gasteiger partial charge in [-0.05, 0) is 69.2 Å². The van der Waals surface area contributed by atoms with Crippen LogP contribution in [0.3, 0.4) is 0 Å². The van der Waals surface area contributed by atoms with Crippen molar-refractivity contribution in [1.82, 2.24) is 20.1 Å². The fourth-order valence-electron chi connectivity index (χ4n) is 6.01. The Morgan fingerprint density at radius 1 is 1.13 bits per heavy atom. The average molecular weight is 695 g/mol. The number of thiazole rings is 1. The molecule has 270 valence electrons. The van der Waals surface area contributed by atoms with Gasteiger partial charge in [0, 0.05) is 18.0 Å². The average Bonchev–Trinajstić information content (AvgIpc) is 3.51. The summed E-state index contributed by atoms with van der Waals surface area (Å²) in [6.45, 7) is 23.3. The summed E-state index contributed by atoms with van der Waals surface area (Å²) in [6.07, 6.45) is 8.00. The molecule has 0 bridgehead atoms. The van der Waals surface area contributed by atoms with Crippen LogP contribution in [0.15, 0.2) is 5.38 Å². The molecular formula is C36H66N4O5SSi. The number of aromatic nitrogens is 1. The number of unbranched alkanes of at least 4 members (excludes halogenated alkanes) is 3. The Kier molecular flexibility index (Phi) is 16.5. The lowest BCUT2D eigenvalue weighted by atomic mass is 9.91. The Morgan fingerprint density at radius 2 is 1.81 bits per heavy atom. The first-order valence-corrected chi connectivity index (χ1v) is 21.8. The number of likely N-dealkylation sites (N-methyl/N-ethyl adjacent to an activating group) is 1. The molecule has 1 aliphatic rings. The van der Waals surface area contributed by atoms with E-state index in [2.05, 4.69) is 83.6 Å². The first-order valence-electron chi connectivity index (χ1n) is 18.0. The highest BCUT2D eigenvalue weighted by Crippen LogP contribution is 2.42. The van der Waals surface area contributed by atoms with E-state index in [4.69, 9.17) is 14.1 Å². The first kappa shape index (κ1) is 41.3. The fraction of sp³-hybridized carbons (Fsp3) is 0.833. The molecule has 0 radical (unpaired) electrons. The second-order valence-corrected chi connectivity index (χ2v) is 21.1. The molecule has 1 N–H and O–H groups in total. The Bertz CT molecular complexity index is 1140. The van der Waals surface area contributed by atoms with Crippen LogP contribution in [0, 0.1) is 11.8 Å². The van der Waals surface area contributed by atoms with E-state index >= 15 is 0 Å². The monoisotopic (exact) mass is 694 g/mol. The van der Waals surface area contributed by atoms with E-state index in [-0.39, 0.29) is 46.5 Å². The summed E-state index contributed by atoms with van der Waals surface area (Å²) in [5.74, 6) is -0.431. The third-order valence-electron chi connectivity index (χ3n) is 10.4. The van der Waals surface area contributed by atoms with Crippen LogP contribution < -0.4 is 5.32 Å². The maximum atomic E-state index is 14.8. The van der Waals surface area contributed by atoms with Gasteiger partial charge < -0.3 is 19.4 Å². The molecule has 2 amide bonds. The second-order valence-electron chi connectivity index (χ2n) is 15.4. The molecule has 1 aromatic rings. The van der Waals surface area contributed by atoms with Crippen molar-refractivity contribution in [1.29, 1.82) is 0 Å². The number of carbonyl (C=O) groups excluding carboxylic acids is 3. The molecule has 0 aliphatic carbocycles. The van der Waals surface area contributed by atoms with Crippen molar-refractivity contribution in [2.45, 2.75) is 156 Å². The van der Waals surface area contributed by atoms with Gasteiger partial charge in [0.05, 0.1) is 19.3 Å². The Labute approximate surface area is 291 Å². The zero-order valence-electron chi connectivity index (χ0n) is 31.6. The SMILES string of the molecule is CCCCCCN(C(=O)[C@@H](NC(=O)[C@H]1CCCCN1C)C(C)CC)[C@H](C[C@@H](O[Si](C)(C)C(C)(C)C)c1nc(C(=O)OC)cs1)C(C)C. The summed E-state index contributed by atoms with van der Waals surface area (Å²) in [6, 6.07) is -0.982. The molecule has 1 fully saturated rings. The number of nitrogens with zero attached hydrogens (tertiary/aromatic N) is 3. The minimum Gasteiger partial charge on any atom is -0.464 e. The van der Waals surface area contributed by atoms with Crippen molar-refractivity contribution in [3.8, 4) is 0 Å². The molecule has 9 nitrogen and oxygen atoms in total. The molecule has 1 saturated heterocycles. The van der Waals surface area contributed by atoms with Crippen LogP contribution in [0.25, 0.3) is 0 Å². The van der Waals surface area contributed by atoms with Gasteiger partial charge in [0.2, 0.25) is 11.8 Å². The van der Waals surface area contributed by atoms with E-state index in [1.165, 1.54) is 18.4 Å². The molecule has 5 atom stereocenters. The predicted molar refractivity (Wildman–Crippen MR) is 195 cm³/mol. The van der Waals surface area contributed by atoms with Gasteiger partial charge in [-0.15, -0.1) is 11.3 Å². The molecular weight excluding hydrogens is 629 g/mol. The molecule has 0 saturated carbocycles. The summed E-state index contributed by atoms with van der Waals surface area (Å²) in [7, 11) is 1.08. The van der Waals surface area contributed by atoms with Gasteiger partial charge in [-0.1, -0.05) is 87.5 Å². The van der Waals surface area contributed by atoms with Crippen LogP contribution in [-0.4, -0.2) is 86.3 Å². The molecule has 0 aromatic carbocycles. The Balaban J connectivity index is 2.55. The lowest BCUT2D eigenvalue weighted by molar-refractivity contribution is -0.142. The lowest BCUT2D eigenvalue weighted by Crippen LogP contribution is -2.59. The second kappa shape index (κ2) is 18.8. The number of likely N-dealkylation sites (tertiary alicyclic amines) is 1. The zero-order chi connectivity index (χ0) is 35.5. The molecule has 11 heteroatoms. The van der Waals surface area contributed by atoms with Crippen molar-refractivity contribution in [3.63, 3.8) is 0 Å². The normalized spacial score (nSPS) is 18.8. The third kappa shape index (κ3) is 11.6. The molecule has 2 heterocycles. The van der Waals surface area contributed by atoms with Crippen LogP contribution in [0.2, 0.25) is 18.1 Å². The number of methoxy groups -OCH3 is 1. The van der Waals surface area contributed by atoms with Gasteiger partial charge in [-0.2, -0.15) is 0 Å². The van der Waals surface area contributed by atoms with Crippen LogP contribution in [0.4, 0.5) is 0 Å². The van der Waals surface area contributed by atoms with E-state index in [0.717, 1.165) is 62.9 Å². The van der Waals surface area contributed by atoms with Gasteiger partial charge >= 0.3 is 5.97 Å². The smallest absolute Gasteiger partial charge is 0.357 e. The molecule has 2 rings (SSSR count). The van der Waals surface area contributed by atoms with E-state index < -0.39 is 26.4 Å². The highest BCUT2D eigenvalue weighted by atomic mass is 32.1. The summed E-state index contributed by atoms with van der Waals surface area (Å²) < 4.78 is 12.0. The Hall–Kier alpha value is -1.82. The van der Waals surface area contributed by atoms with Gasteiger partial charge in [0.25, 0.3) is 0 Å². The van der Waals surface area contributed by atoms with Crippen LogP contribution in [-0.2, 0) is 18.8 Å². The lowest BCUT2D eigenvalue weighted by Gasteiger charge is -2.43. The molecule has 0 spiro atoms. The van der Waals surface area contributed by atoms with Crippen molar-refractivity contribution in [2.24, 2.45) is 11.8 Å². The number of hydrogen-bond donors (Lipinski definition) is 1. The molecule has 1 unspecified atom stereocenters. The molecule has 47 heavy (non-hydrogen) atoms. The van der Waals surface area contributed by atoms with Gasteiger partial charge in [-0.3, -0.25) is 14.5 Å². The van der Waals surface area contributed by atoms with Gasteiger partial charge in [-0.25, -0.2) is 9.78 Å². The largest absolute Gasteiger partial charge is 0.464 e. The maximum absolute atomic E-state index is 14.8. The Morgan fingerprint density at radius 3 is 2.36 bits per heavy atom. The van der Waals surface area contributed by atoms with Crippen molar-refractivity contribution >= 4 is 37.4 Å². The number of nitrogens with one attached hydrogen (secondary N) is 1. The van der Waals surface area contributed by atoms with E-state index in [0.29, 0.717) is 13.0 Å². The van der Waals surface area contributed by atoms with Gasteiger partial charge in [0.15, 0.2) is 14.0 Å². The number of ether oxygens (including phenoxy) is 1. The van der Waals surface area contributed by atoms with Crippen molar-refractivity contribution < 1.29 is 23.5 Å². The zero-order valence-corrected chi connectivity index (χ0v) is 33.4. The molecule has 1 aliphatic heterocycles. The number of amides is 2. The number of piperidine rings is 1. The van der Waals surface area contributed by atoms with E-state index in [9.17, 15) is 14.4 Å². The summed E-state index contributed by atoms with van der Waals surface area (Å²) >= 11 is 1.41. The number of carbonyl (C=O) groups is 3. The maximum Gasteiger partial charge on any atom is 0.357 e. The molecule has 1 aromatic heterocycles. The minimum absolute atomic E-state index is 0.0122. The summed E-state index contributed by atoms with van der Waals surface area (Å²) in [5.41, 5.74) is 0.275. The summed E-state index contributed by atoms with van der Waals surface area (Å²) in [4.78, 5) is 49.8. The van der Waals surface area contributed by atoms with E-state index in [1.807, 2.05) is 7.05 Å². The first-order chi connectivity index (χ1) is 22.0. The van der Waals surface area contributed by atoms with Crippen LogP contribution >= 0.6 is 11.3 Å². The number of rotatable bonds is 18. The number of esters is 1. The fourth-order valence-corrected chi connectivity index (χ4v) is 8.20. The highest BCUT2D eigenvalue weighted by molar-refractivity contribution is 7.09. The van der Waals surface area contributed by atoms with Crippen LogP contribution in [0.5, 0.6) is 0 Å². The van der Waals surface area contributed by atoms with Crippen molar-refractivity contribution in [3.05, 3.63) is 16.1 Å². The number of hydrogen-bond acceptors (Lipinski definition) is 8. The van der Waals surface area contributed by atoms with Crippen LogP contribution in [0.1, 0.15) is 135 Å². The quantitative estimate of drug-likeness (QED) is 0.0950. The minimum atomic E-state index is -2.28. The third-order valence-corrected chi connectivity index (χ3v) is 15.9. The standard InChI is InChI=1S/C36H66N4O5SSi/c1-13-15-16-18-22-40(34(42)31(26(5)14-2)38-32(41)28-20-17-19-21-39(28)9)29(25(3)4)23-30(45-47(11,12)36(6,7)8)33-37-27(24-46-33)35(43)44-10/h24-26,28-31H,13-23H2,1-12H3,(H,38,41)/t26?,28-,29-,30-,31+/m1/s1. The highest BCUT2D eigenvalue weighted by Gasteiger charge is 2.43. The predicted octanol–water partition coefficient (Wildman–Crippen LogP) is 7.83. The van der Waals surface area contributed by atoms with Crippen molar-refractivity contribution in [2.75, 3.05) is 27.2 Å². The topological polar surface area (TPSA) is 101 Å². The van der Waals surface area contributed by atoms with E-state index in [1.54, 1.807) is 5.38 Å². The summed E-state index contributed by atoms with van der Waals surface area (Å²) in [5, 5.41) is 5.67. The van der Waals surface area contributed by atoms with Gasteiger partial charge in [0.1, 0.15) is 11.0 Å².